The van der Waals surface area contributed by atoms with Crippen LogP contribution in [0, 0.1) is 0 Å². The van der Waals surface area contributed by atoms with Crippen molar-refractivity contribution in [2.45, 2.75) is 32.4 Å². The molecule has 2 N–H and O–H groups in total. The molecule has 18 heavy (non-hydrogen) atoms. The van der Waals surface area contributed by atoms with Gasteiger partial charge in [0, 0.05) is 24.9 Å². The molecule has 4 heteroatoms. The maximum absolute atomic E-state index is 11.5. The third-order valence-corrected chi connectivity index (χ3v) is 2.82. The number of carbonyl (C=O) groups is 1. The zero-order valence-corrected chi connectivity index (χ0v) is 10.7. The van der Waals surface area contributed by atoms with Crippen LogP contribution in [0.2, 0.25) is 0 Å². The zero-order valence-electron chi connectivity index (χ0n) is 10.7. The highest BCUT2D eigenvalue weighted by atomic mass is 16.5. The maximum atomic E-state index is 11.5. The summed E-state index contributed by atoms with van der Waals surface area (Å²) in [6.45, 7) is 3.40. The molecule has 1 saturated carbocycles. The van der Waals surface area contributed by atoms with Crippen molar-refractivity contribution in [1.29, 1.82) is 0 Å². The Balaban J connectivity index is 1.83. The first-order valence-electron chi connectivity index (χ1n) is 6.48. The fourth-order valence-corrected chi connectivity index (χ4v) is 1.70. The number of carbonyl (C=O) groups excluding carboxylic acids is 1. The molecule has 0 atom stereocenters. The van der Waals surface area contributed by atoms with Crippen molar-refractivity contribution >= 4 is 11.6 Å². The molecule has 0 spiro atoms. The van der Waals surface area contributed by atoms with Gasteiger partial charge in [-0.2, -0.15) is 0 Å². The first kappa shape index (κ1) is 13.1. The summed E-state index contributed by atoms with van der Waals surface area (Å²) in [5.74, 6) is -0.107. The van der Waals surface area contributed by atoms with Gasteiger partial charge in [-0.25, -0.2) is 0 Å². The first-order valence-corrected chi connectivity index (χ1v) is 6.48. The maximum Gasteiger partial charge on any atom is 0.250 e. The quantitative estimate of drug-likeness (QED) is 0.775. The summed E-state index contributed by atoms with van der Waals surface area (Å²) >= 11 is 0. The molecule has 98 valence electrons. The largest absolute Gasteiger partial charge is 0.372 e. The molecule has 0 radical (unpaired) electrons. The van der Waals surface area contributed by atoms with E-state index in [1.807, 2.05) is 25.1 Å². The fourth-order valence-electron chi connectivity index (χ4n) is 1.70. The predicted octanol–water partition coefficient (Wildman–Crippen LogP) is 1.91. The minimum atomic E-state index is -0.107. The van der Waals surface area contributed by atoms with Gasteiger partial charge in [0.25, 0.3) is 0 Å². The third kappa shape index (κ3) is 4.47. The van der Waals surface area contributed by atoms with Gasteiger partial charge in [0.05, 0.1) is 0 Å². The Morgan fingerprint density at radius 2 is 2.28 bits per heavy atom. The number of anilines is 1. The Labute approximate surface area is 108 Å². The van der Waals surface area contributed by atoms with Gasteiger partial charge in [-0.3, -0.25) is 4.79 Å². The topological polar surface area (TPSA) is 50.4 Å². The predicted molar refractivity (Wildman–Crippen MR) is 71.4 cm³/mol. The summed E-state index contributed by atoms with van der Waals surface area (Å²) in [5, 5.41) is 6.28. The molecule has 0 aliphatic heterocycles. The van der Waals surface area contributed by atoms with Gasteiger partial charge in [-0.1, -0.05) is 12.1 Å². The number of rotatable bonds is 7. The van der Waals surface area contributed by atoms with Gasteiger partial charge in [-0.15, -0.1) is 0 Å². The number of hydrogen-bond acceptors (Lipinski definition) is 3. The van der Waals surface area contributed by atoms with Crippen molar-refractivity contribution in [3.05, 3.63) is 29.8 Å². The van der Waals surface area contributed by atoms with Crippen LogP contribution in [0.15, 0.2) is 24.3 Å². The van der Waals surface area contributed by atoms with E-state index in [-0.39, 0.29) is 12.5 Å². The highest BCUT2D eigenvalue weighted by Gasteiger charge is 2.19. The van der Waals surface area contributed by atoms with Crippen LogP contribution in [0.1, 0.15) is 25.3 Å². The van der Waals surface area contributed by atoms with E-state index in [2.05, 4.69) is 16.7 Å². The van der Waals surface area contributed by atoms with E-state index < -0.39 is 0 Å². The lowest BCUT2D eigenvalue weighted by molar-refractivity contribution is -0.120. The van der Waals surface area contributed by atoms with Crippen molar-refractivity contribution in [2.24, 2.45) is 0 Å². The van der Waals surface area contributed by atoms with Crippen molar-refractivity contribution < 1.29 is 9.53 Å². The minimum Gasteiger partial charge on any atom is -0.372 e. The second-order valence-corrected chi connectivity index (χ2v) is 4.54. The fraction of sp³-hybridized carbons (Fsp3) is 0.500. The van der Waals surface area contributed by atoms with Gasteiger partial charge in [0.1, 0.15) is 6.61 Å². The van der Waals surface area contributed by atoms with E-state index in [1.54, 1.807) is 0 Å². The summed E-state index contributed by atoms with van der Waals surface area (Å²) in [6.07, 6.45) is 2.57. The lowest BCUT2D eigenvalue weighted by atomic mass is 10.2. The second kappa shape index (κ2) is 6.52. The number of ether oxygens (including phenoxy) is 1. The van der Waals surface area contributed by atoms with E-state index in [9.17, 15) is 4.79 Å². The van der Waals surface area contributed by atoms with Gasteiger partial charge < -0.3 is 15.4 Å². The van der Waals surface area contributed by atoms with Crippen molar-refractivity contribution in [3.8, 4) is 0 Å². The van der Waals surface area contributed by atoms with Crippen LogP contribution in [0.25, 0.3) is 0 Å². The molecular weight excluding hydrogens is 228 g/mol. The Hall–Kier alpha value is -1.39. The van der Waals surface area contributed by atoms with Gasteiger partial charge in [-0.05, 0) is 37.5 Å². The Morgan fingerprint density at radius 3 is 3.00 bits per heavy atom. The molecule has 1 aliphatic carbocycles. The van der Waals surface area contributed by atoms with Crippen molar-refractivity contribution in [3.63, 3.8) is 0 Å². The SMILES string of the molecule is CCOCC(=O)Nc1cccc(CNC2CC2)c1. The van der Waals surface area contributed by atoms with E-state index in [0.717, 1.165) is 12.2 Å². The van der Waals surface area contributed by atoms with Gasteiger partial charge >= 0.3 is 0 Å². The molecule has 0 heterocycles. The molecule has 1 amide bonds. The van der Waals surface area contributed by atoms with E-state index in [1.165, 1.54) is 18.4 Å². The van der Waals surface area contributed by atoms with E-state index >= 15 is 0 Å². The molecule has 0 aromatic heterocycles. The van der Waals surface area contributed by atoms with Crippen molar-refractivity contribution in [1.82, 2.24) is 5.32 Å². The number of amides is 1. The zero-order chi connectivity index (χ0) is 12.8. The van der Waals surface area contributed by atoms with Crippen LogP contribution in [-0.2, 0) is 16.1 Å². The number of benzene rings is 1. The lowest BCUT2D eigenvalue weighted by Gasteiger charge is -2.08. The summed E-state index contributed by atoms with van der Waals surface area (Å²) in [4.78, 5) is 11.5. The Bertz CT molecular complexity index is 403. The molecule has 0 bridgehead atoms. The molecule has 1 aliphatic rings. The van der Waals surface area contributed by atoms with Crippen LogP contribution in [0.4, 0.5) is 5.69 Å². The summed E-state index contributed by atoms with van der Waals surface area (Å²) in [6, 6.07) is 8.61. The smallest absolute Gasteiger partial charge is 0.250 e. The Morgan fingerprint density at radius 1 is 1.44 bits per heavy atom. The lowest BCUT2D eigenvalue weighted by Crippen LogP contribution is -2.19. The highest BCUT2D eigenvalue weighted by molar-refractivity contribution is 5.91. The standard InChI is InChI=1S/C14H20N2O2/c1-2-18-10-14(17)16-13-5-3-4-11(8-13)9-15-12-6-7-12/h3-5,8,12,15H,2,6-7,9-10H2,1H3,(H,16,17). The third-order valence-electron chi connectivity index (χ3n) is 2.82. The van der Waals surface area contributed by atoms with Crippen LogP contribution >= 0.6 is 0 Å². The summed E-state index contributed by atoms with van der Waals surface area (Å²) in [7, 11) is 0. The molecule has 2 rings (SSSR count). The normalized spacial score (nSPS) is 14.5. The Kier molecular flexibility index (Phi) is 4.73. The number of hydrogen-bond donors (Lipinski definition) is 2. The van der Waals surface area contributed by atoms with Crippen LogP contribution in [-0.4, -0.2) is 25.2 Å². The second-order valence-electron chi connectivity index (χ2n) is 4.54. The van der Waals surface area contributed by atoms with E-state index in [0.29, 0.717) is 12.6 Å². The number of nitrogens with one attached hydrogen (secondary N) is 2. The van der Waals surface area contributed by atoms with Crippen LogP contribution < -0.4 is 10.6 Å². The molecule has 4 nitrogen and oxygen atoms in total. The van der Waals surface area contributed by atoms with Gasteiger partial charge in [0.15, 0.2) is 0 Å². The molecule has 0 saturated heterocycles. The molecule has 0 unspecified atom stereocenters. The van der Waals surface area contributed by atoms with Gasteiger partial charge in [0.2, 0.25) is 5.91 Å². The summed E-state index contributed by atoms with van der Waals surface area (Å²) in [5.41, 5.74) is 2.02. The molecule has 1 aromatic carbocycles. The molecule has 1 aromatic rings. The summed E-state index contributed by atoms with van der Waals surface area (Å²) < 4.78 is 5.06. The minimum absolute atomic E-state index is 0.107. The molecular formula is C14H20N2O2. The highest BCUT2D eigenvalue weighted by Crippen LogP contribution is 2.19. The average Bonchev–Trinajstić information content (AvgIpc) is 3.18. The van der Waals surface area contributed by atoms with Crippen molar-refractivity contribution in [2.75, 3.05) is 18.5 Å². The van der Waals surface area contributed by atoms with Crippen LogP contribution in [0.5, 0.6) is 0 Å². The van der Waals surface area contributed by atoms with Crippen LogP contribution in [0.3, 0.4) is 0 Å². The van der Waals surface area contributed by atoms with E-state index in [4.69, 9.17) is 4.74 Å². The molecule has 1 fully saturated rings. The first-order chi connectivity index (χ1) is 8.78. The monoisotopic (exact) mass is 248 g/mol. The average molecular weight is 248 g/mol.